The van der Waals surface area contributed by atoms with Gasteiger partial charge in [0.2, 0.25) is 0 Å². The predicted octanol–water partition coefficient (Wildman–Crippen LogP) is 2.94. The predicted molar refractivity (Wildman–Crippen MR) is 98.5 cm³/mol. The molecule has 6 nitrogen and oxygen atoms in total. The fraction of sp³-hybridized carbons (Fsp3) is 0.412. The van der Waals surface area contributed by atoms with Crippen LogP contribution < -0.4 is 5.73 Å². The van der Waals surface area contributed by atoms with Gasteiger partial charge in [-0.15, -0.1) is 12.4 Å². The quantitative estimate of drug-likeness (QED) is 0.738. The van der Waals surface area contributed by atoms with Crippen LogP contribution >= 0.6 is 12.4 Å². The summed E-state index contributed by atoms with van der Waals surface area (Å²) in [6, 6.07) is 7.51. The van der Waals surface area contributed by atoms with Gasteiger partial charge in [0.1, 0.15) is 5.52 Å². The summed E-state index contributed by atoms with van der Waals surface area (Å²) in [5.41, 5.74) is 7.43. The van der Waals surface area contributed by atoms with Crippen molar-refractivity contribution in [3.05, 3.63) is 30.6 Å². The van der Waals surface area contributed by atoms with Gasteiger partial charge < -0.3 is 20.1 Å². The lowest BCUT2D eigenvalue weighted by Crippen LogP contribution is -2.36. The van der Waals surface area contributed by atoms with Crippen molar-refractivity contribution in [3.8, 4) is 0 Å². The van der Waals surface area contributed by atoms with E-state index in [0.29, 0.717) is 24.5 Å². The Morgan fingerprint density at radius 2 is 2.04 bits per heavy atom. The van der Waals surface area contributed by atoms with Crippen molar-refractivity contribution in [2.24, 2.45) is 0 Å². The highest BCUT2D eigenvalue weighted by atomic mass is 35.5. The van der Waals surface area contributed by atoms with Gasteiger partial charge in [-0.05, 0) is 26.8 Å². The summed E-state index contributed by atoms with van der Waals surface area (Å²) >= 11 is 0. The number of halogens is 1. The normalized spacial score (nSPS) is 13.2. The SMILES string of the molecule is CCOCC(n1cnc2c(N)nc3ccccc3c21)C(C)(C)O.Cl. The van der Waals surface area contributed by atoms with Crippen LogP contribution in [-0.2, 0) is 4.74 Å². The van der Waals surface area contributed by atoms with Crippen molar-refractivity contribution < 1.29 is 9.84 Å². The van der Waals surface area contributed by atoms with Gasteiger partial charge in [-0.1, -0.05) is 18.2 Å². The number of nitrogens with zero attached hydrogens (tertiary/aromatic N) is 3. The summed E-state index contributed by atoms with van der Waals surface area (Å²) in [7, 11) is 0. The summed E-state index contributed by atoms with van der Waals surface area (Å²) in [5, 5.41) is 11.6. The van der Waals surface area contributed by atoms with Crippen LogP contribution in [0.3, 0.4) is 0 Å². The molecule has 0 radical (unpaired) electrons. The number of nitrogen functional groups attached to an aromatic ring is 1. The number of imidazole rings is 1. The maximum absolute atomic E-state index is 10.6. The molecule has 0 fully saturated rings. The van der Waals surface area contributed by atoms with Crippen LogP contribution in [0.1, 0.15) is 26.8 Å². The number of hydrogen-bond donors (Lipinski definition) is 2. The van der Waals surface area contributed by atoms with Crippen molar-refractivity contribution >= 4 is 40.2 Å². The van der Waals surface area contributed by atoms with Gasteiger partial charge in [0.15, 0.2) is 5.82 Å². The standard InChI is InChI=1S/C17H22N4O2.ClH/c1-4-23-9-13(17(2,3)22)21-10-19-14-15(21)11-7-5-6-8-12(11)20-16(14)18;/h5-8,10,13,22H,4,9H2,1-3H3,(H2,18,20);1H. The van der Waals surface area contributed by atoms with Gasteiger partial charge in [-0.2, -0.15) is 0 Å². The Kier molecular flexibility index (Phi) is 5.32. The highest BCUT2D eigenvalue weighted by Gasteiger charge is 2.30. The largest absolute Gasteiger partial charge is 0.388 e. The summed E-state index contributed by atoms with van der Waals surface area (Å²) in [6.07, 6.45) is 1.71. The average molecular weight is 351 g/mol. The lowest BCUT2D eigenvalue weighted by Gasteiger charge is -2.31. The molecule has 1 unspecified atom stereocenters. The van der Waals surface area contributed by atoms with Crippen LogP contribution in [0.2, 0.25) is 0 Å². The highest BCUT2D eigenvalue weighted by Crippen LogP contribution is 2.32. The molecule has 0 saturated heterocycles. The second-order valence-electron chi connectivity index (χ2n) is 6.19. The molecule has 7 heteroatoms. The number of hydrogen-bond acceptors (Lipinski definition) is 5. The first-order chi connectivity index (χ1) is 10.9. The fourth-order valence-electron chi connectivity index (χ4n) is 2.86. The number of benzene rings is 1. The third kappa shape index (κ3) is 3.17. The lowest BCUT2D eigenvalue weighted by atomic mass is 9.99. The molecule has 0 bridgehead atoms. The van der Waals surface area contributed by atoms with Crippen LogP contribution in [0.5, 0.6) is 0 Å². The molecular weight excluding hydrogens is 328 g/mol. The lowest BCUT2D eigenvalue weighted by molar-refractivity contribution is -0.0181. The first-order valence-electron chi connectivity index (χ1n) is 7.74. The van der Waals surface area contributed by atoms with Crippen LogP contribution in [0.4, 0.5) is 5.82 Å². The number of rotatable bonds is 5. The molecular formula is C17H23ClN4O2. The molecule has 0 amide bonds. The molecule has 3 rings (SSSR count). The van der Waals surface area contributed by atoms with E-state index >= 15 is 0 Å². The Bertz CT molecular complexity index is 842. The number of aromatic nitrogens is 3. The zero-order valence-corrected chi connectivity index (χ0v) is 14.9. The van der Waals surface area contributed by atoms with E-state index in [0.717, 1.165) is 16.4 Å². The number of para-hydroxylation sites is 1. The molecule has 0 saturated carbocycles. The number of anilines is 1. The van der Waals surface area contributed by atoms with E-state index < -0.39 is 5.60 Å². The smallest absolute Gasteiger partial charge is 0.152 e. The Labute approximate surface area is 147 Å². The third-order valence-electron chi connectivity index (χ3n) is 4.07. The Morgan fingerprint density at radius 1 is 1.33 bits per heavy atom. The van der Waals surface area contributed by atoms with Gasteiger partial charge in [0, 0.05) is 12.0 Å². The molecule has 1 aromatic carbocycles. The molecule has 0 spiro atoms. The minimum Gasteiger partial charge on any atom is -0.388 e. The van der Waals surface area contributed by atoms with Crippen molar-refractivity contribution in [3.63, 3.8) is 0 Å². The van der Waals surface area contributed by atoms with Gasteiger partial charge in [-0.25, -0.2) is 9.97 Å². The second-order valence-corrected chi connectivity index (χ2v) is 6.19. The summed E-state index contributed by atoms with van der Waals surface area (Å²) in [6.45, 7) is 6.46. The molecule has 3 aromatic rings. The first kappa shape index (κ1) is 18.4. The number of pyridine rings is 1. The van der Waals surface area contributed by atoms with E-state index in [1.54, 1.807) is 20.2 Å². The van der Waals surface area contributed by atoms with E-state index in [9.17, 15) is 5.11 Å². The molecule has 3 N–H and O–H groups in total. The molecule has 2 heterocycles. The number of nitrogens with two attached hydrogens (primary N) is 1. The van der Waals surface area contributed by atoms with Crippen molar-refractivity contribution in [1.82, 2.24) is 14.5 Å². The van der Waals surface area contributed by atoms with Gasteiger partial charge in [-0.3, -0.25) is 0 Å². The Hall–Kier alpha value is -1.89. The molecule has 0 aliphatic heterocycles. The maximum Gasteiger partial charge on any atom is 0.152 e. The van der Waals surface area contributed by atoms with Crippen LogP contribution in [0.25, 0.3) is 21.9 Å². The van der Waals surface area contributed by atoms with Crippen LogP contribution in [0, 0.1) is 0 Å². The van der Waals surface area contributed by atoms with Crippen molar-refractivity contribution in [2.45, 2.75) is 32.4 Å². The summed E-state index contributed by atoms with van der Waals surface area (Å²) < 4.78 is 7.53. The van der Waals surface area contributed by atoms with Gasteiger partial charge >= 0.3 is 0 Å². The summed E-state index contributed by atoms with van der Waals surface area (Å²) in [5.74, 6) is 0.392. The average Bonchev–Trinajstić information content (AvgIpc) is 2.92. The fourth-order valence-corrected chi connectivity index (χ4v) is 2.86. The molecule has 1 atom stereocenters. The highest BCUT2D eigenvalue weighted by molar-refractivity contribution is 6.06. The van der Waals surface area contributed by atoms with Crippen molar-refractivity contribution in [1.29, 1.82) is 0 Å². The van der Waals surface area contributed by atoms with Gasteiger partial charge in [0.05, 0.1) is 35.6 Å². The van der Waals surface area contributed by atoms with E-state index in [2.05, 4.69) is 9.97 Å². The minimum atomic E-state index is -0.970. The van der Waals surface area contributed by atoms with Crippen LogP contribution in [0.15, 0.2) is 30.6 Å². The van der Waals surface area contributed by atoms with Gasteiger partial charge in [0.25, 0.3) is 0 Å². The second kappa shape index (κ2) is 6.93. The number of fused-ring (bicyclic) bond motifs is 3. The Balaban J connectivity index is 0.00000208. The maximum atomic E-state index is 10.6. The zero-order chi connectivity index (χ0) is 16.6. The Morgan fingerprint density at radius 3 is 2.71 bits per heavy atom. The van der Waals surface area contributed by atoms with E-state index in [1.807, 2.05) is 35.8 Å². The minimum absolute atomic E-state index is 0. The third-order valence-corrected chi connectivity index (χ3v) is 4.07. The van der Waals surface area contributed by atoms with E-state index in [-0.39, 0.29) is 18.4 Å². The van der Waals surface area contributed by atoms with Crippen LogP contribution in [-0.4, -0.2) is 38.5 Å². The van der Waals surface area contributed by atoms with E-state index in [4.69, 9.17) is 10.5 Å². The summed E-state index contributed by atoms with van der Waals surface area (Å²) in [4.78, 5) is 8.83. The number of aliphatic hydroxyl groups is 1. The molecule has 24 heavy (non-hydrogen) atoms. The van der Waals surface area contributed by atoms with Crippen molar-refractivity contribution in [2.75, 3.05) is 18.9 Å². The molecule has 0 aliphatic carbocycles. The zero-order valence-electron chi connectivity index (χ0n) is 14.1. The molecule has 0 aliphatic rings. The topological polar surface area (TPSA) is 86.2 Å². The van der Waals surface area contributed by atoms with E-state index in [1.165, 1.54) is 0 Å². The number of ether oxygens (including phenoxy) is 1. The molecule has 130 valence electrons. The molecule has 2 aromatic heterocycles. The monoisotopic (exact) mass is 350 g/mol. The first-order valence-corrected chi connectivity index (χ1v) is 7.74.